The van der Waals surface area contributed by atoms with Gasteiger partial charge in [-0.25, -0.2) is 4.79 Å². The Kier molecular flexibility index (Phi) is 4.84. The molecule has 0 aromatic carbocycles. The van der Waals surface area contributed by atoms with Crippen LogP contribution in [0.3, 0.4) is 0 Å². The minimum absolute atomic E-state index is 0.126. The molecule has 1 saturated carbocycles. The Labute approximate surface area is 131 Å². The number of rotatable bonds is 3. The molecule has 1 amide bonds. The summed E-state index contributed by atoms with van der Waals surface area (Å²) < 4.78 is 5.33. The molecule has 1 aliphatic rings. The van der Waals surface area contributed by atoms with E-state index in [-0.39, 0.29) is 5.78 Å². The maximum Gasteiger partial charge on any atom is 0.408 e. The third kappa shape index (κ3) is 4.06. The minimum Gasteiger partial charge on any atom is -0.444 e. The van der Waals surface area contributed by atoms with Crippen molar-refractivity contribution >= 4 is 11.9 Å². The van der Waals surface area contributed by atoms with Gasteiger partial charge in [-0.05, 0) is 45.7 Å². The van der Waals surface area contributed by atoms with Crippen molar-refractivity contribution in [3.8, 4) is 0 Å². The standard InChI is InChI=1S/C17H24N2O3/c1-16(2,3)22-15(21)19-17(10-6-4-7-11-17)14(20)13-9-5-8-12-18-13/h5,8-9,12H,4,6-7,10-11H2,1-3H3,(H,19,21). The van der Waals surface area contributed by atoms with Crippen LogP contribution in [0, 0.1) is 0 Å². The zero-order chi connectivity index (χ0) is 16.2. The third-order valence-corrected chi connectivity index (χ3v) is 3.78. The summed E-state index contributed by atoms with van der Waals surface area (Å²) in [4.78, 5) is 29.2. The number of carbonyl (C=O) groups excluding carboxylic acids is 2. The first-order valence-corrected chi connectivity index (χ1v) is 7.79. The summed E-state index contributed by atoms with van der Waals surface area (Å²) in [7, 11) is 0. The van der Waals surface area contributed by atoms with Crippen molar-refractivity contribution in [3.05, 3.63) is 30.1 Å². The fourth-order valence-electron chi connectivity index (χ4n) is 2.81. The number of pyridine rings is 1. The number of amides is 1. The van der Waals surface area contributed by atoms with Gasteiger partial charge in [-0.1, -0.05) is 25.3 Å². The van der Waals surface area contributed by atoms with E-state index in [2.05, 4.69) is 10.3 Å². The van der Waals surface area contributed by atoms with E-state index in [0.717, 1.165) is 19.3 Å². The first kappa shape index (κ1) is 16.5. The first-order valence-electron chi connectivity index (χ1n) is 7.79. The molecule has 1 aromatic heterocycles. The average molecular weight is 304 g/mol. The number of hydrogen-bond acceptors (Lipinski definition) is 4. The number of alkyl carbamates (subject to hydrolysis) is 1. The van der Waals surface area contributed by atoms with Gasteiger partial charge in [-0.2, -0.15) is 0 Å². The van der Waals surface area contributed by atoms with Crippen LogP contribution in [0.15, 0.2) is 24.4 Å². The number of hydrogen-bond donors (Lipinski definition) is 1. The predicted molar refractivity (Wildman–Crippen MR) is 83.8 cm³/mol. The highest BCUT2D eigenvalue weighted by molar-refractivity contribution is 6.03. The molecule has 0 unspecified atom stereocenters. The fourth-order valence-corrected chi connectivity index (χ4v) is 2.81. The topological polar surface area (TPSA) is 68.3 Å². The van der Waals surface area contributed by atoms with Crippen LogP contribution in [-0.2, 0) is 4.74 Å². The second kappa shape index (κ2) is 6.46. The van der Waals surface area contributed by atoms with E-state index in [4.69, 9.17) is 4.74 Å². The molecule has 0 aliphatic heterocycles. The number of Topliss-reactive ketones (excluding diaryl/α,β-unsaturated/α-hetero) is 1. The molecule has 0 saturated heterocycles. The summed E-state index contributed by atoms with van der Waals surface area (Å²) in [5, 5.41) is 2.84. The van der Waals surface area contributed by atoms with E-state index in [1.807, 2.05) is 0 Å². The highest BCUT2D eigenvalue weighted by Gasteiger charge is 2.42. The monoisotopic (exact) mass is 304 g/mol. The van der Waals surface area contributed by atoms with Crippen molar-refractivity contribution < 1.29 is 14.3 Å². The van der Waals surface area contributed by atoms with E-state index in [9.17, 15) is 9.59 Å². The van der Waals surface area contributed by atoms with Crippen molar-refractivity contribution in [2.75, 3.05) is 0 Å². The Hall–Kier alpha value is -1.91. The van der Waals surface area contributed by atoms with Crippen molar-refractivity contribution in [2.45, 2.75) is 64.0 Å². The molecule has 1 N–H and O–H groups in total. The Morgan fingerprint density at radius 2 is 1.86 bits per heavy atom. The van der Waals surface area contributed by atoms with Crippen LogP contribution in [0.5, 0.6) is 0 Å². The molecule has 1 fully saturated rings. The van der Waals surface area contributed by atoms with Gasteiger partial charge in [0.05, 0.1) is 0 Å². The molecule has 0 radical (unpaired) electrons. The van der Waals surface area contributed by atoms with E-state index >= 15 is 0 Å². The third-order valence-electron chi connectivity index (χ3n) is 3.78. The van der Waals surface area contributed by atoms with Gasteiger partial charge in [-0.15, -0.1) is 0 Å². The molecule has 120 valence electrons. The first-order chi connectivity index (χ1) is 10.3. The Balaban J connectivity index is 2.21. The summed E-state index contributed by atoms with van der Waals surface area (Å²) in [5.74, 6) is -0.126. The number of nitrogens with one attached hydrogen (secondary N) is 1. The quantitative estimate of drug-likeness (QED) is 0.868. The predicted octanol–water partition coefficient (Wildman–Crippen LogP) is 3.49. The Morgan fingerprint density at radius 3 is 2.41 bits per heavy atom. The van der Waals surface area contributed by atoms with Gasteiger partial charge in [0.1, 0.15) is 16.8 Å². The number of aromatic nitrogens is 1. The Morgan fingerprint density at radius 1 is 1.18 bits per heavy atom. The van der Waals surface area contributed by atoms with Crippen molar-refractivity contribution in [3.63, 3.8) is 0 Å². The van der Waals surface area contributed by atoms with Crippen LogP contribution in [0.1, 0.15) is 63.4 Å². The van der Waals surface area contributed by atoms with Crippen LogP contribution < -0.4 is 5.32 Å². The van der Waals surface area contributed by atoms with E-state index in [1.54, 1.807) is 45.2 Å². The van der Waals surface area contributed by atoms with Gasteiger partial charge in [0.15, 0.2) is 0 Å². The number of ether oxygens (including phenoxy) is 1. The lowest BCUT2D eigenvalue weighted by atomic mass is 9.77. The number of nitrogens with zero attached hydrogens (tertiary/aromatic N) is 1. The molecule has 22 heavy (non-hydrogen) atoms. The van der Waals surface area contributed by atoms with Gasteiger partial charge >= 0.3 is 6.09 Å². The molecule has 5 heteroatoms. The summed E-state index contributed by atoms with van der Waals surface area (Å²) in [6, 6.07) is 5.24. The SMILES string of the molecule is CC(C)(C)OC(=O)NC1(C(=O)c2ccccn2)CCCCC1. The van der Waals surface area contributed by atoms with Crippen molar-refractivity contribution in [1.82, 2.24) is 10.3 Å². The number of carbonyl (C=O) groups is 2. The van der Waals surface area contributed by atoms with Crippen LogP contribution >= 0.6 is 0 Å². The van der Waals surface area contributed by atoms with E-state index < -0.39 is 17.2 Å². The van der Waals surface area contributed by atoms with Gasteiger partial charge in [0, 0.05) is 6.20 Å². The fraction of sp³-hybridized carbons (Fsp3) is 0.588. The van der Waals surface area contributed by atoms with Crippen molar-refractivity contribution in [1.29, 1.82) is 0 Å². The van der Waals surface area contributed by atoms with E-state index in [1.165, 1.54) is 0 Å². The second-order valence-electron chi connectivity index (χ2n) is 6.81. The average Bonchev–Trinajstić information content (AvgIpc) is 2.46. The van der Waals surface area contributed by atoms with Gasteiger partial charge in [-0.3, -0.25) is 9.78 Å². The molecule has 1 aromatic rings. The molecule has 1 heterocycles. The molecule has 0 spiro atoms. The summed E-state index contributed by atoms with van der Waals surface area (Å²) in [6.45, 7) is 5.42. The smallest absolute Gasteiger partial charge is 0.408 e. The minimum atomic E-state index is -0.894. The summed E-state index contributed by atoms with van der Waals surface area (Å²) in [5.41, 5.74) is -1.09. The van der Waals surface area contributed by atoms with Crippen molar-refractivity contribution in [2.24, 2.45) is 0 Å². The molecule has 2 rings (SSSR count). The molecule has 0 atom stereocenters. The molecular formula is C17H24N2O3. The van der Waals surface area contributed by atoms with Crippen LogP contribution in [0.4, 0.5) is 4.79 Å². The highest BCUT2D eigenvalue weighted by atomic mass is 16.6. The van der Waals surface area contributed by atoms with Crippen LogP contribution in [-0.4, -0.2) is 28.0 Å². The lowest BCUT2D eigenvalue weighted by molar-refractivity contribution is 0.0399. The van der Waals surface area contributed by atoms with Gasteiger partial charge in [0.2, 0.25) is 5.78 Å². The van der Waals surface area contributed by atoms with Gasteiger partial charge in [0.25, 0.3) is 0 Å². The normalized spacial score (nSPS) is 17.6. The zero-order valence-corrected chi connectivity index (χ0v) is 13.5. The summed E-state index contributed by atoms with van der Waals surface area (Å²) >= 11 is 0. The maximum absolute atomic E-state index is 12.9. The molecule has 0 bridgehead atoms. The van der Waals surface area contributed by atoms with Gasteiger partial charge < -0.3 is 10.1 Å². The van der Waals surface area contributed by atoms with E-state index in [0.29, 0.717) is 18.5 Å². The second-order valence-corrected chi connectivity index (χ2v) is 6.81. The largest absolute Gasteiger partial charge is 0.444 e. The van der Waals surface area contributed by atoms with Crippen LogP contribution in [0.2, 0.25) is 0 Å². The molecule has 5 nitrogen and oxygen atoms in total. The lowest BCUT2D eigenvalue weighted by Crippen LogP contribution is -2.56. The highest BCUT2D eigenvalue weighted by Crippen LogP contribution is 2.31. The maximum atomic E-state index is 12.9. The zero-order valence-electron chi connectivity index (χ0n) is 13.5. The summed E-state index contributed by atoms with van der Waals surface area (Å²) in [6.07, 6.45) is 5.20. The van der Waals surface area contributed by atoms with Crippen LogP contribution in [0.25, 0.3) is 0 Å². The Bertz CT molecular complexity index is 529. The molecular weight excluding hydrogens is 280 g/mol. The lowest BCUT2D eigenvalue weighted by Gasteiger charge is -2.36. The number of ketones is 1. The molecule has 1 aliphatic carbocycles.